The fourth-order valence-electron chi connectivity index (χ4n) is 1.08. The predicted octanol–water partition coefficient (Wildman–Crippen LogP) is 1.56. The van der Waals surface area contributed by atoms with Crippen LogP contribution in [0.25, 0.3) is 0 Å². The molecule has 1 aromatic heterocycles. The second-order valence-electron chi connectivity index (χ2n) is 2.85. The Kier molecular flexibility index (Phi) is 2.37. The maximum Gasteiger partial charge on any atom is 0.238 e. The van der Waals surface area contributed by atoms with Gasteiger partial charge in [0.25, 0.3) is 0 Å². The van der Waals surface area contributed by atoms with Crippen molar-refractivity contribution in [3.63, 3.8) is 0 Å². The number of aromatic nitrogens is 2. The number of aromatic hydroxyl groups is 1. The van der Waals surface area contributed by atoms with Gasteiger partial charge in [-0.15, -0.1) is 5.10 Å². The summed E-state index contributed by atoms with van der Waals surface area (Å²) >= 11 is 0. The van der Waals surface area contributed by atoms with E-state index < -0.39 is 0 Å². The molecule has 15 heavy (non-hydrogen) atoms. The van der Waals surface area contributed by atoms with Crippen molar-refractivity contribution in [2.24, 2.45) is 0 Å². The lowest BCUT2D eigenvalue weighted by molar-refractivity contribution is 0.445. The zero-order valence-corrected chi connectivity index (χ0v) is 7.79. The predicted molar refractivity (Wildman–Crippen MR) is 54.6 cm³/mol. The summed E-state index contributed by atoms with van der Waals surface area (Å²) in [6, 6.07) is 8.11. The Bertz CT molecular complexity index is 459. The average Bonchev–Trinajstić information content (AvgIpc) is 2.26. The molecule has 0 aliphatic heterocycles. The van der Waals surface area contributed by atoms with Gasteiger partial charge in [-0.1, -0.05) is 6.07 Å². The van der Waals surface area contributed by atoms with Crippen LogP contribution >= 0.6 is 0 Å². The summed E-state index contributed by atoms with van der Waals surface area (Å²) in [5.41, 5.74) is 5.79. The van der Waals surface area contributed by atoms with Crippen LogP contribution in [-0.4, -0.2) is 15.3 Å². The molecule has 0 unspecified atom stereocenters. The fourth-order valence-corrected chi connectivity index (χ4v) is 1.08. The van der Waals surface area contributed by atoms with E-state index in [1.54, 1.807) is 30.5 Å². The standard InChI is InChI=1S/C10H9N3O2/c11-10-7(14)3-1-4-8(10)15-9-5-2-6-12-13-9/h1-6,14H,11H2. The van der Waals surface area contributed by atoms with E-state index in [1.165, 1.54) is 6.07 Å². The van der Waals surface area contributed by atoms with E-state index in [-0.39, 0.29) is 11.4 Å². The summed E-state index contributed by atoms with van der Waals surface area (Å²) in [5.74, 6) is 0.668. The zero-order valence-electron chi connectivity index (χ0n) is 7.79. The van der Waals surface area contributed by atoms with Crippen molar-refractivity contribution in [2.45, 2.75) is 0 Å². The molecular formula is C10H9N3O2. The Morgan fingerprint density at radius 3 is 2.80 bits per heavy atom. The molecule has 1 heterocycles. The topological polar surface area (TPSA) is 81.3 Å². The van der Waals surface area contributed by atoms with Crippen LogP contribution in [0, 0.1) is 0 Å². The molecule has 0 saturated heterocycles. The van der Waals surface area contributed by atoms with E-state index >= 15 is 0 Å². The van der Waals surface area contributed by atoms with Crippen LogP contribution in [0.5, 0.6) is 17.4 Å². The number of hydrogen-bond donors (Lipinski definition) is 2. The van der Waals surface area contributed by atoms with Crippen molar-refractivity contribution in [1.82, 2.24) is 10.2 Å². The number of phenols is 1. The molecule has 0 spiro atoms. The highest BCUT2D eigenvalue weighted by atomic mass is 16.5. The van der Waals surface area contributed by atoms with Gasteiger partial charge in [-0.3, -0.25) is 0 Å². The van der Waals surface area contributed by atoms with Crippen molar-refractivity contribution >= 4 is 5.69 Å². The lowest BCUT2D eigenvalue weighted by Gasteiger charge is -2.07. The van der Waals surface area contributed by atoms with Crippen LogP contribution in [0.1, 0.15) is 0 Å². The van der Waals surface area contributed by atoms with Gasteiger partial charge in [0.1, 0.15) is 11.4 Å². The first kappa shape index (κ1) is 9.26. The first-order chi connectivity index (χ1) is 7.27. The van der Waals surface area contributed by atoms with Gasteiger partial charge in [0.15, 0.2) is 5.75 Å². The largest absolute Gasteiger partial charge is 0.506 e. The Hall–Kier alpha value is -2.30. The number of hydrogen-bond acceptors (Lipinski definition) is 5. The number of nitrogens with two attached hydrogens (primary N) is 1. The number of nitrogens with zero attached hydrogens (tertiary/aromatic N) is 2. The van der Waals surface area contributed by atoms with E-state index in [1.807, 2.05) is 0 Å². The first-order valence-electron chi connectivity index (χ1n) is 4.30. The van der Waals surface area contributed by atoms with Crippen LogP contribution in [-0.2, 0) is 0 Å². The van der Waals surface area contributed by atoms with Crippen LogP contribution < -0.4 is 10.5 Å². The van der Waals surface area contributed by atoms with Gasteiger partial charge >= 0.3 is 0 Å². The molecule has 5 heteroatoms. The molecule has 0 aliphatic rings. The third-order valence-corrected chi connectivity index (χ3v) is 1.81. The van der Waals surface area contributed by atoms with Gasteiger partial charge in [0.2, 0.25) is 5.88 Å². The number of para-hydroxylation sites is 1. The third-order valence-electron chi connectivity index (χ3n) is 1.81. The summed E-state index contributed by atoms with van der Waals surface area (Å²) in [6.07, 6.45) is 1.54. The van der Waals surface area contributed by atoms with Crippen molar-refractivity contribution in [3.8, 4) is 17.4 Å². The molecule has 0 saturated carbocycles. The second kappa shape index (κ2) is 3.83. The Balaban J connectivity index is 2.29. The Morgan fingerprint density at radius 2 is 2.07 bits per heavy atom. The molecule has 0 amide bonds. The second-order valence-corrected chi connectivity index (χ2v) is 2.85. The molecule has 0 radical (unpaired) electrons. The smallest absolute Gasteiger partial charge is 0.238 e. The zero-order chi connectivity index (χ0) is 10.7. The van der Waals surface area contributed by atoms with Crippen LogP contribution in [0.4, 0.5) is 5.69 Å². The molecule has 2 rings (SSSR count). The first-order valence-corrected chi connectivity index (χ1v) is 4.30. The lowest BCUT2D eigenvalue weighted by atomic mass is 10.3. The third kappa shape index (κ3) is 1.96. The summed E-state index contributed by atoms with van der Waals surface area (Å²) in [4.78, 5) is 0. The highest BCUT2D eigenvalue weighted by molar-refractivity contribution is 5.62. The Labute approximate surface area is 86.1 Å². The van der Waals surface area contributed by atoms with Gasteiger partial charge in [0, 0.05) is 12.3 Å². The molecule has 76 valence electrons. The van der Waals surface area contributed by atoms with Gasteiger partial charge < -0.3 is 15.6 Å². The highest BCUT2D eigenvalue weighted by Crippen LogP contribution is 2.32. The molecule has 3 N–H and O–H groups in total. The van der Waals surface area contributed by atoms with E-state index in [4.69, 9.17) is 10.5 Å². The van der Waals surface area contributed by atoms with E-state index in [2.05, 4.69) is 10.2 Å². The SMILES string of the molecule is Nc1c(O)cccc1Oc1cccnn1. The number of anilines is 1. The maximum absolute atomic E-state index is 9.34. The minimum atomic E-state index is -0.0172. The van der Waals surface area contributed by atoms with Gasteiger partial charge in [-0.05, 0) is 18.2 Å². The van der Waals surface area contributed by atoms with Crippen LogP contribution in [0.3, 0.4) is 0 Å². The normalized spacial score (nSPS) is 9.87. The molecule has 0 fully saturated rings. The van der Waals surface area contributed by atoms with E-state index in [0.717, 1.165) is 0 Å². The van der Waals surface area contributed by atoms with Gasteiger partial charge in [-0.25, -0.2) is 0 Å². The lowest BCUT2D eigenvalue weighted by Crippen LogP contribution is -1.94. The maximum atomic E-state index is 9.34. The van der Waals surface area contributed by atoms with Crippen LogP contribution in [0.15, 0.2) is 36.5 Å². The van der Waals surface area contributed by atoms with Crippen molar-refractivity contribution in [2.75, 3.05) is 5.73 Å². The van der Waals surface area contributed by atoms with Crippen molar-refractivity contribution in [3.05, 3.63) is 36.5 Å². The van der Waals surface area contributed by atoms with E-state index in [9.17, 15) is 5.11 Å². The summed E-state index contributed by atoms with van der Waals surface area (Å²) in [5, 5.41) is 16.7. The molecular weight excluding hydrogens is 194 g/mol. The molecule has 0 bridgehead atoms. The van der Waals surface area contributed by atoms with Crippen molar-refractivity contribution < 1.29 is 9.84 Å². The summed E-state index contributed by atoms with van der Waals surface area (Å²) in [7, 11) is 0. The molecule has 2 aromatic rings. The quantitative estimate of drug-likeness (QED) is 0.571. The number of benzene rings is 1. The summed E-state index contributed by atoms with van der Waals surface area (Å²) in [6.45, 7) is 0. The fraction of sp³-hybridized carbons (Fsp3) is 0. The number of rotatable bonds is 2. The molecule has 0 atom stereocenters. The number of phenolic OH excluding ortho intramolecular Hbond substituents is 1. The van der Waals surface area contributed by atoms with Crippen molar-refractivity contribution in [1.29, 1.82) is 0 Å². The number of ether oxygens (including phenoxy) is 1. The highest BCUT2D eigenvalue weighted by Gasteiger charge is 2.06. The van der Waals surface area contributed by atoms with Gasteiger partial charge in [-0.2, -0.15) is 5.10 Å². The summed E-state index contributed by atoms with van der Waals surface area (Å²) < 4.78 is 5.33. The monoisotopic (exact) mass is 203 g/mol. The molecule has 0 aliphatic carbocycles. The molecule has 5 nitrogen and oxygen atoms in total. The minimum absolute atomic E-state index is 0.0172. The van der Waals surface area contributed by atoms with Crippen LogP contribution in [0.2, 0.25) is 0 Å². The number of nitrogen functional groups attached to an aromatic ring is 1. The minimum Gasteiger partial charge on any atom is -0.506 e. The average molecular weight is 203 g/mol. The Morgan fingerprint density at radius 1 is 1.20 bits per heavy atom. The van der Waals surface area contributed by atoms with Gasteiger partial charge in [0.05, 0.1) is 0 Å². The van der Waals surface area contributed by atoms with E-state index in [0.29, 0.717) is 11.6 Å². The molecule has 1 aromatic carbocycles.